The lowest BCUT2D eigenvalue weighted by atomic mass is 9.84. The summed E-state index contributed by atoms with van der Waals surface area (Å²) in [6.07, 6.45) is 3.83. The number of piperazine rings is 1. The van der Waals surface area contributed by atoms with E-state index in [9.17, 15) is 19.2 Å². The van der Waals surface area contributed by atoms with Gasteiger partial charge in [0, 0.05) is 75.8 Å². The summed E-state index contributed by atoms with van der Waals surface area (Å²) in [5.41, 5.74) is 5.70. The van der Waals surface area contributed by atoms with Crippen molar-refractivity contribution in [3.05, 3.63) is 119 Å². The molecule has 0 spiro atoms. The molecule has 2 heterocycles. The van der Waals surface area contributed by atoms with Crippen LogP contribution < -0.4 is 10.6 Å². The molecule has 0 unspecified atom stereocenters. The molecule has 0 bridgehead atoms. The Balaban J connectivity index is 1.11. The van der Waals surface area contributed by atoms with Crippen LogP contribution in [-0.4, -0.2) is 75.3 Å². The lowest BCUT2D eigenvalue weighted by Gasteiger charge is -2.36. The number of fused-ring (bicyclic) bond motifs is 1. The molecule has 1 fully saturated rings. The van der Waals surface area contributed by atoms with Gasteiger partial charge < -0.3 is 15.5 Å². The summed E-state index contributed by atoms with van der Waals surface area (Å²) in [7, 11) is 0. The average molecular weight is 703 g/mol. The number of amides is 3. The topological polar surface area (TPSA) is 117 Å². The van der Waals surface area contributed by atoms with Crippen LogP contribution in [0.5, 0.6) is 0 Å². The first-order valence-corrected chi connectivity index (χ1v) is 18.6. The number of carbonyl (C=O) groups is 4. The number of carbonyl (C=O) groups excluding carboxylic acids is 4. The number of hydrogen-bond acceptors (Lipinski definition) is 6. The van der Waals surface area contributed by atoms with Gasteiger partial charge in [0.2, 0.25) is 17.7 Å². The van der Waals surface area contributed by atoms with E-state index < -0.39 is 12.0 Å². The van der Waals surface area contributed by atoms with E-state index in [4.69, 9.17) is 0 Å². The zero-order valence-corrected chi connectivity index (χ0v) is 30.5. The lowest BCUT2D eigenvalue weighted by molar-refractivity contribution is -0.138. The van der Waals surface area contributed by atoms with Crippen molar-refractivity contribution < 1.29 is 19.2 Å². The Kier molecular flexibility index (Phi) is 12.0. The third-order valence-electron chi connectivity index (χ3n) is 10.4. The molecule has 2 N–H and O–H groups in total. The van der Waals surface area contributed by atoms with Gasteiger partial charge in [-0.05, 0) is 73.1 Å². The first-order chi connectivity index (χ1) is 25.2. The molecule has 52 heavy (non-hydrogen) atoms. The molecule has 3 amide bonds. The number of anilines is 1. The molecule has 6 rings (SSSR count). The van der Waals surface area contributed by atoms with Crippen molar-refractivity contribution in [2.75, 3.05) is 31.5 Å². The Hall–Kier alpha value is -5.09. The zero-order valence-electron chi connectivity index (χ0n) is 30.5. The molecule has 1 aliphatic heterocycles. The molecule has 3 aromatic carbocycles. The van der Waals surface area contributed by atoms with E-state index in [-0.39, 0.29) is 48.3 Å². The van der Waals surface area contributed by atoms with Crippen LogP contribution in [0.25, 0.3) is 0 Å². The molecule has 2 atom stereocenters. The van der Waals surface area contributed by atoms with Gasteiger partial charge in [0.25, 0.3) is 0 Å². The van der Waals surface area contributed by atoms with E-state index in [1.54, 1.807) is 23.9 Å². The fourth-order valence-corrected chi connectivity index (χ4v) is 7.48. The fourth-order valence-electron chi connectivity index (χ4n) is 7.48. The second-order valence-electron chi connectivity index (χ2n) is 14.4. The molecule has 1 aromatic heterocycles. The number of nitrogens with zero attached hydrogens (tertiary/aromatic N) is 4. The van der Waals surface area contributed by atoms with Gasteiger partial charge in [0.05, 0.1) is 0 Å². The summed E-state index contributed by atoms with van der Waals surface area (Å²) in [6.45, 7) is 9.33. The van der Waals surface area contributed by atoms with E-state index in [0.29, 0.717) is 30.9 Å². The number of rotatable bonds is 14. The normalized spacial score (nSPS) is 16.0. The van der Waals surface area contributed by atoms with E-state index >= 15 is 0 Å². The highest BCUT2D eigenvalue weighted by Crippen LogP contribution is 2.34. The number of hydrogen-bond donors (Lipinski definition) is 2. The van der Waals surface area contributed by atoms with Gasteiger partial charge >= 0.3 is 0 Å². The number of benzene rings is 3. The third-order valence-corrected chi connectivity index (χ3v) is 10.4. The Bertz CT molecular complexity index is 1820. The number of nitrogens with one attached hydrogen (secondary N) is 2. The van der Waals surface area contributed by atoms with E-state index in [0.717, 1.165) is 38.0 Å². The molecule has 272 valence electrons. The van der Waals surface area contributed by atoms with Gasteiger partial charge in [-0.1, -0.05) is 73.7 Å². The quantitative estimate of drug-likeness (QED) is 0.168. The highest BCUT2D eigenvalue weighted by atomic mass is 16.2. The van der Waals surface area contributed by atoms with Gasteiger partial charge in [-0.25, -0.2) is 0 Å². The maximum absolute atomic E-state index is 14.0. The Labute approximate surface area is 306 Å². The maximum Gasteiger partial charge on any atom is 0.245 e. The molecule has 10 heteroatoms. The predicted octanol–water partition coefficient (Wildman–Crippen LogP) is 5.49. The van der Waals surface area contributed by atoms with E-state index in [1.165, 1.54) is 16.7 Å². The highest BCUT2D eigenvalue weighted by molar-refractivity contribution is 6.00. The predicted molar refractivity (Wildman–Crippen MR) is 202 cm³/mol. The van der Waals surface area contributed by atoms with Gasteiger partial charge in [0.1, 0.15) is 11.7 Å². The molecular weight excluding hydrogens is 652 g/mol. The van der Waals surface area contributed by atoms with Crippen LogP contribution in [0.15, 0.2) is 91.1 Å². The molecular formula is C42H50N6O4. The standard InChI is InChI=1S/C42H50N6O4/c1-4-40(50)45-37(42(52)47-22-20-46(21-23-47)28-31-10-6-5-7-11-31)24-30-14-16-35(17-15-30)44-41(51)36(34-25-32-12-8-9-13-33(32)26-34)27-39(49)38-18-19-43-48(38)29(2)3/h5-19,29,34,36-37H,4,20-28H2,1-3H3,(H,44,51)(H,45,50)/t36-,37+/m0/s1. The lowest BCUT2D eigenvalue weighted by Crippen LogP contribution is -2.55. The fraction of sp³-hybridized carbons (Fsp3) is 0.405. The highest BCUT2D eigenvalue weighted by Gasteiger charge is 2.36. The van der Waals surface area contributed by atoms with E-state index in [2.05, 4.69) is 44.9 Å². The smallest absolute Gasteiger partial charge is 0.245 e. The molecule has 0 saturated carbocycles. The number of aromatic nitrogens is 2. The van der Waals surface area contributed by atoms with Crippen molar-refractivity contribution in [1.82, 2.24) is 24.9 Å². The number of ketones is 1. The monoisotopic (exact) mass is 702 g/mol. The van der Waals surface area contributed by atoms with Crippen molar-refractivity contribution in [3.8, 4) is 0 Å². The molecule has 0 radical (unpaired) electrons. The Morgan fingerprint density at radius 2 is 1.46 bits per heavy atom. The minimum Gasteiger partial charge on any atom is -0.344 e. The van der Waals surface area contributed by atoms with Crippen LogP contribution in [0.1, 0.15) is 72.4 Å². The zero-order chi connectivity index (χ0) is 36.6. The summed E-state index contributed by atoms with van der Waals surface area (Å²) < 4.78 is 1.71. The van der Waals surface area contributed by atoms with Crippen molar-refractivity contribution in [2.45, 2.75) is 71.5 Å². The Morgan fingerprint density at radius 3 is 2.10 bits per heavy atom. The van der Waals surface area contributed by atoms with Gasteiger partial charge in [-0.3, -0.25) is 28.8 Å². The molecule has 2 aliphatic rings. The van der Waals surface area contributed by atoms with Crippen molar-refractivity contribution in [1.29, 1.82) is 0 Å². The second kappa shape index (κ2) is 17.0. The summed E-state index contributed by atoms with van der Waals surface area (Å²) in [6, 6.07) is 27.1. The Morgan fingerprint density at radius 1 is 0.808 bits per heavy atom. The summed E-state index contributed by atoms with van der Waals surface area (Å²) in [5, 5.41) is 10.4. The van der Waals surface area contributed by atoms with Crippen LogP contribution in [0, 0.1) is 11.8 Å². The first-order valence-electron chi connectivity index (χ1n) is 18.6. The average Bonchev–Trinajstić information content (AvgIpc) is 3.83. The van der Waals surface area contributed by atoms with Crippen LogP contribution >= 0.6 is 0 Å². The SMILES string of the molecule is CCC(=O)N[C@H](Cc1ccc(NC(=O)[C@@H](CC(=O)c2ccnn2C(C)C)C2Cc3ccccc3C2)cc1)C(=O)N1CCN(Cc2ccccc2)CC1. The van der Waals surface area contributed by atoms with Gasteiger partial charge in [-0.15, -0.1) is 0 Å². The van der Waals surface area contributed by atoms with Crippen LogP contribution in [0.3, 0.4) is 0 Å². The minimum absolute atomic E-state index is 0.00908. The van der Waals surface area contributed by atoms with Crippen molar-refractivity contribution in [3.63, 3.8) is 0 Å². The first kappa shape index (κ1) is 36.7. The summed E-state index contributed by atoms with van der Waals surface area (Å²) >= 11 is 0. The van der Waals surface area contributed by atoms with Gasteiger partial charge in [-0.2, -0.15) is 5.10 Å². The second-order valence-corrected chi connectivity index (χ2v) is 14.4. The molecule has 1 saturated heterocycles. The van der Waals surface area contributed by atoms with Crippen LogP contribution in [-0.2, 0) is 40.2 Å². The number of Topliss-reactive ketones (excluding diaryl/α,β-unsaturated/α-hetero) is 1. The molecule has 1 aliphatic carbocycles. The molecule has 10 nitrogen and oxygen atoms in total. The van der Waals surface area contributed by atoms with Crippen LogP contribution in [0.2, 0.25) is 0 Å². The van der Waals surface area contributed by atoms with Crippen molar-refractivity contribution >= 4 is 29.2 Å². The van der Waals surface area contributed by atoms with Gasteiger partial charge in [0.15, 0.2) is 5.78 Å². The summed E-state index contributed by atoms with van der Waals surface area (Å²) in [4.78, 5) is 58.1. The third kappa shape index (κ3) is 9.03. The largest absolute Gasteiger partial charge is 0.344 e. The van der Waals surface area contributed by atoms with Crippen molar-refractivity contribution in [2.24, 2.45) is 11.8 Å². The minimum atomic E-state index is -0.688. The molecule has 4 aromatic rings. The summed E-state index contributed by atoms with van der Waals surface area (Å²) in [5.74, 6) is -1.08. The van der Waals surface area contributed by atoms with E-state index in [1.807, 2.05) is 73.3 Å². The van der Waals surface area contributed by atoms with Crippen LogP contribution in [0.4, 0.5) is 5.69 Å². The maximum atomic E-state index is 14.0.